The van der Waals surface area contributed by atoms with E-state index in [4.69, 9.17) is 14.2 Å². The Labute approximate surface area is 182 Å². The molecule has 2 amide bonds. The fourth-order valence-corrected chi connectivity index (χ4v) is 2.94. The number of nitrogens with one attached hydrogen (secondary N) is 1. The summed E-state index contributed by atoms with van der Waals surface area (Å²) in [5, 5.41) is 12.7. The minimum absolute atomic E-state index is 0.0545. The molecule has 1 aliphatic heterocycles. The second-order valence-corrected chi connectivity index (χ2v) is 6.40. The van der Waals surface area contributed by atoms with Gasteiger partial charge in [0.15, 0.2) is 12.4 Å². The molecule has 0 radical (unpaired) electrons. The van der Waals surface area contributed by atoms with Crippen LogP contribution < -0.4 is 19.9 Å². The van der Waals surface area contributed by atoms with E-state index in [0.717, 1.165) is 11.1 Å². The number of anilines is 1. The summed E-state index contributed by atoms with van der Waals surface area (Å²) in [5.74, 6) is -2.32. The predicted molar refractivity (Wildman–Crippen MR) is 112 cm³/mol. The van der Waals surface area contributed by atoms with Crippen molar-refractivity contribution in [2.45, 2.75) is 6.92 Å². The number of amides is 2. The maximum atomic E-state index is 12.7. The Hall–Kier alpha value is -4.41. The molecule has 0 aliphatic carbocycles. The second-order valence-electron chi connectivity index (χ2n) is 6.40. The number of carbonyl (C=O) groups excluding carboxylic acids is 3. The van der Waals surface area contributed by atoms with Gasteiger partial charge in [-0.3, -0.25) is 25.1 Å². The quantitative estimate of drug-likeness (QED) is 0.216. The summed E-state index contributed by atoms with van der Waals surface area (Å²) in [6.45, 7) is 1.19. The SMILES string of the molecule is CCOC(=O)COc1c(OC)cc(/C=C2/C(=O)NN(c3ccccc3)C2=O)cc1[N+](=O)[O-]. The molecule has 11 heteroatoms. The topological polar surface area (TPSA) is 137 Å². The van der Waals surface area contributed by atoms with Gasteiger partial charge < -0.3 is 14.2 Å². The summed E-state index contributed by atoms with van der Waals surface area (Å²) in [6.07, 6.45) is 1.21. The summed E-state index contributed by atoms with van der Waals surface area (Å²) in [4.78, 5) is 47.5. The maximum absolute atomic E-state index is 12.7. The molecular weight excluding hydrogens is 422 g/mol. The number of para-hydroxylation sites is 1. The number of nitrogens with zero attached hydrogens (tertiary/aromatic N) is 2. The Morgan fingerprint density at radius 3 is 2.56 bits per heavy atom. The van der Waals surface area contributed by atoms with Gasteiger partial charge in [0.2, 0.25) is 5.75 Å². The first-order chi connectivity index (χ1) is 15.3. The van der Waals surface area contributed by atoms with Crippen LogP contribution in [0.15, 0.2) is 48.0 Å². The molecule has 32 heavy (non-hydrogen) atoms. The van der Waals surface area contributed by atoms with Crippen molar-refractivity contribution in [3.05, 3.63) is 63.7 Å². The minimum atomic E-state index is -0.724. The maximum Gasteiger partial charge on any atom is 0.344 e. The zero-order chi connectivity index (χ0) is 23.3. The molecular formula is C21H19N3O8. The van der Waals surface area contributed by atoms with Crippen molar-refractivity contribution in [1.82, 2.24) is 5.43 Å². The van der Waals surface area contributed by atoms with Crippen LogP contribution in [0.5, 0.6) is 11.5 Å². The van der Waals surface area contributed by atoms with Crippen LogP contribution in [0, 0.1) is 10.1 Å². The van der Waals surface area contributed by atoms with Crippen molar-refractivity contribution in [3.63, 3.8) is 0 Å². The molecule has 0 bridgehead atoms. The molecule has 1 heterocycles. The van der Waals surface area contributed by atoms with Gasteiger partial charge in [0, 0.05) is 6.07 Å². The van der Waals surface area contributed by atoms with Gasteiger partial charge in [-0.2, -0.15) is 0 Å². The summed E-state index contributed by atoms with van der Waals surface area (Å²) in [7, 11) is 1.26. The summed E-state index contributed by atoms with van der Waals surface area (Å²) in [5.41, 5.74) is 2.34. The van der Waals surface area contributed by atoms with Crippen LogP contribution in [-0.4, -0.2) is 43.0 Å². The first-order valence-corrected chi connectivity index (χ1v) is 9.42. The standard InChI is InChI=1S/C21H19N3O8/c1-3-31-18(25)12-32-19-16(24(28)29)10-13(11-17(19)30-2)9-15-20(26)22-23(21(15)27)14-7-5-4-6-8-14/h4-11H,3,12H2,1-2H3,(H,22,26)/b15-9-. The Bertz CT molecular complexity index is 1100. The zero-order valence-corrected chi connectivity index (χ0v) is 17.2. The van der Waals surface area contributed by atoms with Gasteiger partial charge in [0.05, 0.1) is 24.3 Å². The van der Waals surface area contributed by atoms with Gasteiger partial charge in [0.1, 0.15) is 5.57 Å². The van der Waals surface area contributed by atoms with Gasteiger partial charge in [-0.05, 0) is 36.8 Å². The van der Waals surface area contributed by atoms with Crippen LogP contribution in [0.4, 0.5) is 11.4 Å². The molecule has 11 nitrogen and oxygen atoms in total. The second kappa shape index (κ2) is 9.60. The lowest BCUT2D eigenvalue weighted by Crippen LogP contribution is -2.35. The molecule has 1 saturated heterocycles. The highest BCUT2D eigenvalue weighted by molar-refractivity contribution is 6.31. The van der Waals surface area contributed by atoms with E-state index in [1.807, 2.05) is 0 Å². The third-order valence-corrected chi connectivity index (χ3v) is 4.33. The lowest BCUT2D eigenvalue weighted by molar-refractivity contribution is -0.385. The van der Waals surface area contributed by atoms with Crippen molar-refractivity contribution < 1.29 is 33.5 Å². The molecule has 1 fully saturated rings. The van der Waals surface area contributed by atoms with Gasteiger partial charge in [-0.1, -0.05) is 18.2 Å². The van der Waals surface area contributed by atoms with Crippen LogP contribution in [0.3, 0.4) is 0 Å². The monoisotopic (exact) mass is 441 g/mol. The fourth-order valence-electron chi connectivity index (χ4n) is 2.94. The van der Waals surface area contributed by atoms with E-state index >= 15 is 0 Å². The Morgan fingerprint density at radius 2 is 1.94 bits per heavy atom. The highest BCUT2D eigenvalue weighted by Crippen LogP contribution is 2.39. The summed E-state index contributed by atoms with van der Waals surface area (Å²) in [6, 6.07) is 10.9. The number of benzene rings is 2. The molecule has 2 aromatic carbocycles. The smallest absolute Gasteiger partial charge is 0.344 e. The van der Waals surface area contributed by atoms with Crippen molar-refractivity contribution in [1.29, 1.82) is 0 Å². The number of esters is 1. The van der Waals surface area contributed by atoms with Gasteiger partial charge in [-0.15, -0.1) is 0 Å². The number of nitro groups is 1. The summed E-state index contributed by atoms with van der Waals surface area (Å²) < 4.78 is 15.2. The largest absolute Gasteiger partial charge is 0.493 e. The highest BCUT2D eigenvalue weighted by Gasteiger charge is 2.34. The molecule has 3 rings (SSSR count). The molecule has 0 unspecified atom stereocenters. The lowest BCUT2D eigenvalue weighted by Gasteiger charge is -2.14. The third-order valence-electron chi connectivity index (χ3n) is 4.33. The number of rotatable bonds is 8. The van der Waals surface area contributed by atoms with Crippen molar-refractivity contribution >= 4 is 35.2 Å². The first kappa shape index (κ1) is 22.3. The van der Waals surface area contributed by atoms with Crippen molar-refractivity contribution in [2.75, 3.05) is 25.3 Å². The average molecular weight is 441 g/mol. The van der Waals surface area contributed by atoms with Crippen LogP contribution >= 0.6 is 0 Å². The predicted octanol–water partition coefficient (Wildman–Crippen LogP) is 2.01. The van der Waals surface area contributed by atoms with E-state index in [9.17, 15) is 24.5 Å². The number of ether oxygens (including phenoxy) is 3. The van der Waals surface area contributed by atoms with Gasteiger partial charge in [-0.25, -0.2) is 9.80 Å². The normalized spacial score (nSPS) is 14.3. The van der Waals surface area contributed by atoms with E-state index in [0.29, 0.717) is 5.69 Å². The number of hydrogen-bond donors (Lipinski definition) is 1. The molecule has 1 N–H and O–H groups in total. The van der Waals surface area contributed by atoms with E-state index in [-0.39, 0.29) is 29.2 Å². The molecule has 0 saturated carbocycles. The Balaban J connectivity index is 1.96. The fraction of sp³-hybridized carbons (Fsp3) is 0.190. The average Bonchev–Trinajstić information content (AvgIpc) is 3.06. The molecule has 1 aliphatic rings. The highest BCUT2D eigenvalue weighted by atomic mass is 16.6. The Morgan fingerprint density at radius 1 is 1.22 bits per heavy atom. The van der Waals surface area contributed by atoms with E-state index in [1.165, 1.54) is 19.3 Å². The van der Waals surface area contributed by atoms with E-state index in [1.54, 1.807) is 37.3 Å². The molecule has 2 aromatic rings. The number of carbonyl (C=O) groups is 3. The van der Waals surface area contributed by atoms with Gasteiger partial charge in [0.25, 0.3) is 11.8 Å². The van der Waals surface area contributed by atoms with E-state index < -0.39 is 35.0 Å². The van der Waals surface area contributed by atoms with Gasteiger partial charge >= 0.3 is 11.7 Å². The van der Waals surface area contributed by atoms with Crippen molar-refractivity contribution in [2.24, 2.45) is 0 Å². The molecule has 166 valence electrons. The lowest BCUT2D eigenvalue weighted by atomic mass is 10.1. The zero-order valence-electron chi connectivity index (χ0n) is 17.2. The molecule has 0 spiro atoms. The van der Waals surface area contributed by atoms with Crippen LogP contribution in [0.2, 0.25) is 0 Å². The Kier molecular flexibility index (Phi) is 6.68. The number of nitro benzene ring substituents is 1. The molecule has 0 aromatic heterocycles. The van der Waals surface area contributed by atoms with E-state index in [2.05, 4.69) is 5.43 Å². The van der Waals surface area contributed by atoms with Crippen LogP contribution in [0.1, 0.15) is 12.5 Å². The van der Waals surface area contributed by atoms with Crippen molar-refractivity contribution in [3.8, 4) is 11.5 Å². The first-order valence-electron chi connectivity index (χ1n) is 9.42. The number of hydrogen-bond acceptors (Lipinski definition) is 8. The van der Waals surface area contributed by atoms with Crippen LogP contribution in [0.25, 0.3) is 6.08 Å². The number of methoxy groups -OCH3 is 1. The molecule has 0 atom stereocenters. The van der Waals surface area contributed by atoms with Crippen LogP contribution in [-0.2, 0) is 19.1 Å². The third kappa shape index (κ3) is 4.67. The minimum Gasteiger partial charge on any atom is -0.493 e. The summed E-state index contributed by atoms with van der Waals surface area (Å²) >= 11 is 0. The number of hydrazine groups is 1.